The Balaban J connectivity index is 1.79. The van der Waals surface area contributed by atoms with E-state index >= 15 is 0 Å². The minimum absolute atomic E-state index is 0.187. The fourth-order valence-corrected chi connectivity index (χ4v) is 3.07. The smallest absolute Gasteiger partial charge is 0.291 e. The zero-order chi connectivity index (χ0) is 14.8. The van der Waals surface area contributed by atoms with Gasteiger partial charge in [0.05, 0.1) is 17.9 Å². The zero-order valence-corrected chi connectivity index (χ0v) is 12.0. The van der Waals surface area contributed by atoms with Gasteiger partial charge in [0.1, 0.15) is 5.82 Å². The summed E-state index contributed by atoms with van der Waals surface area (Å²) in [5.41, 5.74) is 0.723. The Kier molecular flexibility index (Phi) is 4.01. The lowest BCUT2D eigenvalue weighted by Gasteiger charge is -2.29. The first kappa shape index (κ1) is 14.2. The van der Waals surface area contributed by atoms with Crippen LogP contribution in [0.25, 0.3) is 0 Å². The van der Waals surface area contributed by atoms with E-state index in [-0.39, 0.29) is 5.56 Å². The van der Waals surface area contributed by atoms with Crippen LogP contribution in [0, 0.1) is 5.82 Å². The maximum atomic E-state index is 13.3. The first-order valence-corrected chi connectivity index (χ1v) is 7.55. The maximum absolute atomic E-state index is 13.3. The molecule has 0 N–H and O–H groups in total. The average Bonchev–Trinajstić information content (AvgIpc) is 2.66. The van der Waals surface area contributed by atoms with E-state index in [9.17, 15) is 14.0 Å². The van der Waals surface area contributed by atoms with Crippen LogP contribution in [0.3, 0.4) is 0 Å². The highest BCUT2D eigenvalue weighted by molar-refractivity contribution is 6.52. The molecule has 0 saturated carbocycles. The molecule has 2 heterocycles. The van der Waals surface area contributed by atoms with Gasteiger partial charge in [-0.2, -0.15) is 0 Å². The van der Waals surface area contributed by atoms with Crippen LogP contribution < -0.4 is 4.90 Å². The lowest BCUT2D eigenvalue weighted by Crippen LogP contribution is -2.42. The second-order valence-electron chi connectivity index (χ2n) is 5.75. The van der Waals surface area contributed by atoms with Gasteiger partial charge in [0.25, 0.3) is 5.78 Å². The number of carbonyl (C=O) groups excluding carboxylic acids is 2. The molecule has 4 nitrogen and oxygen atoms in total. The third-order valence-corrected chi connectivity index (χ3v) is 4.22. The lowest BCUT2D eigenvalue weighted by molar-refractivity contribution is -0.114. The van der Waals surface area contributed by atoms with E-state index < -0.39 is 17.5 Å². The van der Waals surface area contributed by atoms with Crippen molar-refractivity contribution in [1.29, 1.82) is 0 Å². The monoisotopic (exact) mass is 290 g/mol. The lowest BCUT2D eigenvalue weighted by atomic mass is 10.1. The minimum atomic E-state index is -0.600. The van der Waals surface area contributed by atoms with Crippen LogP contribution in [0.1, 0.15) is 42.5 Å². The summed E-state index contributed by atoms with van der Waals surface area (Å²) in [5, 5.41) is 0. The summed E-state index contributed by atoms with van der Waals surface area (Å²) in [5.74, 6) is -1.63. The van der Waals surface area contributed by atoms with Crippen molar-refractivity contribution < 1.29 is 14.0 Å². The van der Waals surface area contributed by atoms with Crippen molar-refractivity contribution in [3.05, 3.63) is 29.6 Å². The van der Waals surface area contributed by atoms with Gasteiger partial charge in [0.2, 0.25) is 0 Å². The quantitative estimate of drug-likeness (QED) is 0.786. The summed E-state index contributed by atoms with van der Waals surface area (Å²) in [6.07, 6.45) is 5.94. The number of ketones is 1. The SMILES string of the molecule is O=C1C(=O)N(CN2CCCCCCC2)c2ccc(F)cc21. The van der Waals surface area contributed by atoms with Crippen molar-refractivity contribution in [2.45, 2.75) is 32.1 Å². The molecule has 0 aromatic heterocycles. The van der Waals surface area contributed by atoms with Crippen molar-refractivity contribution in [1.82, 2.24) is 4.90 Å². The molecule has 1 saturated heterocycles. The van der Waals surface area contributed by atoms with E-state index in [0.717, 1.165) is 32.0 Å². The number of nitrogens with zero attached hydrogens (tertiary/aromatic N) is 2. The Labute approximate surface area is 123 Å². The fraction of sp³-hybridized carbons (Fsp3) is 0.500. The molecule has 5 heteroatoms. The molecule has 0 aliphatic carbocycles. The van der Waals surface area contributed by atoms with Crippen molar-refractivity contribution in [3.8, 4) is 0 Å². The number of Topliss-reactive ketones (excluding diaryl/α,β-unsaturated/α-hetero) is 1. The standard InChI is InChI=1S/C16H19FN2O2/c17-12-6-7-14-13(10-12)15(20)16(21)19(14)11-18-8-4-2-1-3-5-9-18/h6-7,10H,1-5,8-9,11H2. The van der Waals surface area contributed by atoms with Crippen LogP contribution in [0.15, 0.2) is 18.2 Å². The number of hydrogen-bond donors (Lipinski definition) is 0. The van der Waals surface area contributed by atoms with E-state index in [2.05, 4.69) is 4.90 Å². The topological polar surface area (TPSA) is 40.6 Å². The number of likely N-dealkylation sites (tertiary alicyclic amines) is 1. The van der Waals surface area contributed by atoms with Crippen molar-refractivity contribution in [2.24, 2.45) is 0 Å². The van der Waals surface area contributed by atoms with Crippen molar-refractivity contribution in [3.63, 3.8) is 0 Å². The summed E-state index contributed by atoms with van der Waals surface area (Å²) in [4.78, 5) is 27.8. The second-order valence-corrected chi connectivity index (χ2v) is 5.75. The number of carbonyl (C=O) groups is 2. The molecule has 3 rings (SSSR count). The van der Waals surface area contributed by atoms with Crippen LogP contribution in [0.4, 0.5) is 10.1 Å². The fourth-order valence-electron chi connectivity index (χ4n) is 3.07. The average molecular weight is 290 g/mol. The predicted molar refractivity (Wildman–Crippen MR) is 77.7 cm³/mol. The van der Waals surface area contributed by atoms with Crippen LogP contribution in [0.5, 0.6) is 0 Å². The Morgan fingerprint density at radius 1 is 1.00 bits per heavy atom. The molecular formula is C16H19FN2O2. The summed E-state index contributed by atoms with van der Waals surface area (Å²) in [6, 6.07) is 3.98. The molecule has 112 valence electrons. The molecule has 1 amide bonds. The Hall–Kier alpha value is -1.75. The number of amides is 1. The number of rotatable bonds is 2. The molecule has 0 bridgehead atoms. The first-order valence-electron chi connectivity index (χ1n) is 7.55. The molecule has 0 atom stereocenters. The van der Waals surface area contributed by atoms with Gasteiger partial charge in [-0.05, 0) is 44.1 Å². The molecule has 2 aliphatic rings. The Bertz CT molecular complexity index is 565. The molecule has 0 spiro atoms. The summed E-state index contributed by atoms with van der Waals surface area (Å²) in [7, 11) is 0. The summed E-state index contributed by atoms with van der Waals surface area (Å²) in [6.45, 7) is 2.30. The highest BCUT2D eigenvalue weighted by Crippen LogP contribution is 2.29. The number of fused-ring (bicyclic) bond motifs is 1. The minimum Gasteiger partial charge on any atom is -0.291 e. The molecule has 1 aromatic carbocycles. The van der Waals surface area contributed by atoms with E-state index in [1.165, 1.54) is 36.3 Å². The molecule has 2 aliphatic heterocycles. The second kappa shape index (κ2) is 5.93. The van der Waals surface area contributed by atoms with Crippen molar-refractivity contribution in [2.75, 3.05) is 24.7 Å². The molecule has 1 aromatic rings. The largest absolute Gasteiger partial charge is 0.300 e. The summed E-state index contributed by atoms with van der Waals surface area (Å²) < 4.78 is 13.3. The molecule has 0 radical (unpaired) electrons. The molecular weight excluding hydrogens is 271 g/mol. The maximum Gasteiger partial charge on any atom is 0.300 e. The zero-order valence-electron chi connectivity index (χ0n) is 12.0. The van der Waals surface area contributed by atoms with E-state index in [1.54, 1.807) is 0 Å². The van der Waals surface area contributed by atoms with Gasteiger partial charge < -0.3 is 0 Å². The number of benzene rings is 1. The van der Waals surface area contributed by atoms with Gasteiger partial charge in [0, 0.05) is 0 Å². The number of hydrogen-bond acceptors (Lipinski definition) is 3. The van der Waals surface area contributed by atoms with Crippen molar-refractivity contribution >= 4 is 17.4 Å². The van der Waals surface area contributed by atoms with E-state index in [4.69, 9.17) is 0 Å². The third-order valence-electron chi connectivity index (χ3n) is 4.22. The van der Waals surface area contributed by atoms with Gasteiger partial charge in [-0.3, -0.25) is 19.4 Å². The summed E-state index contributed by atoms with van der Waals surface area (Å²) >= 11 is 0. The predicted octanol–water partition coefficient (Wildman–Crippen LogP) is 2.58. The van der Waals surface area contributed by atoms with Gasteiger partial charge in [-0.25, -0.2) is 4.39 Å². The van der Waals surface area contributed by atoms with E-state index in [1.807, 2.05) is 0 Å². The van der Waals surface area contributed by atoms with Crippen LogP contribution >= 0.6 is 0 Å². The molecule has 1 fully saturated rings. The van der Waals surface area contributed by atoms with Crippen LogP contribution in [0.2, 0.25) is 0 Å². The highest BCUT2D eigenvalue weighted by atomic mass is 19.1. The first-order chi connectivity index (χ1) is 10.2. The van der Waals surface area contributed by atoms with Gasteiger partial charge >= 0.3 is 5.91 Å². The van der Waals surface area contributed by atoms with E-state index in [0.29, 0.717) is 12.4 Å². The number of halogens is 1. The van der Waals surface area contributed by atoms with Gasteiger partial charge in [-0.1, -0.05) is 19.3 Å². The van der Waals surface area contributed by atoms with Gasteiger partial charge in [0.15, 0.2) is 0 Å². The number of anilines is 1. The normalized spacial score (nSPS) is 20.3. The Morgan fingerprint density at radius 2 is 1.67 bits per heavy atom. The molecule has 0 unspecified atom stereocenters. The van der Waals surface area contributed by atoms with Gasteiger partial charge in [-0.15, -0.1) is 0 Å². The van der Waals surface area contributed by atoms with Crippen LogP contribution in [-0.4, -0.2) is 36.3 Å². The highest BCUT2D eigenvalue weighted by Gasteiger charge is 2.36. The Morgan fingerprint density at radius 3 is 2.38 bits per heavy atom. The van der Waals surface area contributed by atoms with Crippen LogP contribution in [-0.2, 0) is 4.79 Å². The third kappa shape index (κ3) is 2.83. The molecule has 21 heavy (non-hydrogen) atoms.